The minimum Gasteiger partial charge on any atom is -0.339 e. The van der Waals surface area contributed by atoms with Gasteiger partial charge < -0.3 is 5.32 Å². The van der Waals surface area contributed by atoms with Crippen molar-refractivity contribution in [3.8, 4) is 0 Å². The molecule has 0 fully saturated rings. The molecule has 10 heteroatoms. The maximum atomic E-state index is 5.90. The summed E-state index contributed by atoms with van der Waals surface area (Å²) >= 11 is 27.8. The largest absolute Gasteiger partial charge is 0.339 e. The quantitative estimate of drug-likeness (QED) is 0.407. The van der Waals surface area contributed by atoms with Crippen LogP contribution in [0.15, 0.2) is 42.7 Å². The third-order valence-electron chi connectivity index (χ3n) is 2.42. The lowest BCUT2D eigenvalue weighted by molar-refractivity contribution is 1.17. The first-order valence-electron chi connectivity index (χ1n) is 6.29. The van der Waals surface area contributed by atoms with Gasteiger partial charge in [0.15, 0.2) is 11.0 Å². The second-order valence-electron chi connectivity index (χ2n) is 4.10. The summed E-state index contributed by atoms with van der Waals surface area (Å²) in [5, 5.41) is 4.23. The van der Waals surface area contributed by atoms with Gasteiger partial charge in [-0.15, -0.1) is 0 Å². The van der Waals surface area contributed by atoms with E-state index in [2.05, 4.69) is 25.3 Å². The molecule has 3 rings (SSSR count). The molecule has 0 spiro atoms. The highest BCUT2D eigenvalue weighted by atomic mass is 35.5. The molecule has 0 aliphatic rings. The summed E-state index contributed by atoms with van der Waals surface area (Å²) in [6.07, 6.45) is 2.81. The number of hydrogen-bond donors (Lipinski definition) is 1. The van der Waals surface area contributed by atoms with Gasteiger partial charge in [-0.1, -0.05) is 53.0 Å². The molecular weight excluding hydrogens is 415 g/mol. The number of para-hydroxylation sites is 1. The molecule has 0 atom stereocenters. The van der Waals surface area contributed by atoms with E-state index in [0.29, 0.717) is 15.9 Å². The second-order valence-corrected chi connectivity index (χ2v) is 5.95. The molecule has 5 nitrogen and oxygen atoms in total. The van der Waals surface area contributed by atoms with Gasteiger partial charge in [0.1, 0.15) is 5.02 Å². The molecule has 0 amide bonds. The lowest BCUT2D eigenvalue weighted by Crippen LogP contribution is -1.95. The van der Waals surface area contributed by atoms with Crippen molar-refractivity contribution in [3.05, 3.63) is 68.5 Å². The summed E-state index contributed by atoms with van der Waals surface area (Å²) in [5.74, 6) is 0.503. The Kier molecular flexibility index (Phi) is 7.27. The predicted molar refractivity (Wildman–Crippen MR) is 98.8 cm³/mol. The van der Waals surface area contributed by atoms with Crippen molar-refractivity contribution >= 4 is 69.5 Å². The minimum absolute atomic E-state index is 0.101. The van der Waals surface area contributed by atoms with Gasteiger partial charge in [0.2, 0.25) is 10.6 Å². The zero-order chi connectivity index (χ0) is 17.5. The Morgan fingerprint density at radius 3 is 1.88 bits per heavy atom. The van der Waals surface area contributed by atoms with E-state index in [-0.39, 0.29) is 15.7 Å². The van der Waals surface area contributed by atoms with Crippen LogP contribution >= 0.6 is 58.0 Å². The number of hydrogen-bond acceptors (Lipinski definition) is 5. The van der Waals surface area contributed by atoms with E-state index in [9.17, 15) is 0 Å². The topological polar surface area (TPSA) is 63.6 Å². The van der Waals surface area contributed by atoms with E-state index in [1.165, 1.54) is 12.4 Å². The predicted octanol–water partition coefficient (Wildman–Crippen LogP) is 5.96. The molecule has 0 aliphatic carbocycles. The Morgan fingerprint density at radius 2 is 1.29 bits per heavy atom. The Labute approximate surface area is 162 Å². The van der Waals surface area contributed by atoms with E-state index in [0.717, 1.165) is 5.69 Å². The third kappa shape index (κ3) is 5.92. The van der Waals surface area contributed by atoms with Crippen LogP contribution in [-0.4, -0.2) is 19.9 Å². The van der Waals surface area contributed by atoms with Crippen LogP contribution in [0, 0.1) is 0 Å². The smallest absolute Gasteiger partial charge is 0.224 e. The van der Waals surface area contributed by atoms with E-state index in [1.54, 1.807) is 0 Å². The van der Waals surface area contributed by atoms with Crippen molar-refractivity contribution < 1.29 is 0 Å². The molecule has 0 saturated carbocycles. The van der Waals surface area contributed by atoms with Crippen molar-refractivity contribution in [2.75, 3.05) is 5.32 Å². The summed E-state index contributed by atoms with van der Waals surface area (Å²) in [6.45, 7) is 0. The van der Waals surface area contributed by atoms with E-state index >= 15 is 0 Å². The monoisotopic (exact) mass is 421 g/mol. The fourth-order valence-corrected chi connectivity index (χ4v) is 2.09. The zero-order valence-electron chi connectivity index (χ0n) is 11.7. The fourth-order valence-electron chi connectivity index (χ4n) is 1.42. The third-order valence-corrected chi connectivity index (χ3v) is 3.73. The number of aromatic nitrogens is 4. The highest BCUT2D eigenvalue weighted by Gasteiger charge is 2.03. The Bertz CT molecular complexity index is 816. The van der Waals surface area contributed by atoms with E-state index in [1.807, 2.05) is 30.3 Å². The number of rotatable bonds is 2. The second kappa shape index (κ2) is 9.20. The van der Waals surface area contributed by atoms with Crippen molar-refractivity contribution in [2.45, 2.75) is 0 Å². The first-order valence-corrected chi connectivity index (χ1v) is 8.18. The van der Waals surface area contributed by atoms with Crippen LogP contribution in [0.3, 0.4) is 0 Å². The molecule has 2 aromatic heterocycles. The normalized spacial score (nSPS) is 9.88. The first-order chi connectivity index (χ1) is 11.5. The van der Waals surface area contributed by atoms with Gasteiger partial charge in [-0.2, -0.15) is 4.98 Å². The summed E-state index contributed by atoms with van der Waals surface area (Å²) in [4.78, 5) is 14.9. The molecular formula is C14H8Cl5N5. The van der Waals surface area contributed by atoms with Crippen LogP contribution in [0.5, 0.6) is 0 Å². The molecule has 0 aliphatic heterocycles. The Hall–Kier alpha value is -1.37. The molecule has 0 unspecified atom stereocenters. The molecule has 2 heterocycles. The van der Waals surface area contributed by atoms with Crippen molar-refractivity contribution in [1.29, 1.82) is 0 Å². The number of nitrogens with one attached hydrogen (secondary N) is 1. The standard InChI is InChI=1S/C10H7Cl2N3.C4HCl3N2/c11-8-6-13-10(12)15-9(8)14-7-4-2-1-3-5-7;5-2-1-8-4(7)9-3(2)6/h1-6H,(H,13,14,15);1H. The lowest BCUT2D eigenvalue weighted by atomic mass is 10.3. The van der Waals surface area contributed by atoms with Crippen LogP contribution in [0.25, 0.3) is 0 Å². The first kappa shape index (κ1) is 19.0. The average molecular weight is 424 g/mol. The van der Waals surface area contributed by atoms with Gasteiger partial charge >= 0.3 is 0 Å². The van der Waals surface area contributed by atoms with Gasteiger partial charge in [-0.25, -0.2) is 15.0 Å². The zero-order valence-corrected chi connectivity index (χ0v) is 15.5. The Balaban J connectivity index is 0.000000198. The van der Waals surface area contributed by atoms with Crippen LogP contribution in [0.4, 0.5) is 11.5 Å². The van der Waals surface area contributed by atoms with E-state index in [4.69, 9.17) is 58.0 Å². The molecule has 0 radical (unpaired) electrons. The molecule has 24 heavy (non-hydrogen) atoms. The van der Waals surface area contributed by atoms with Gasteiger partial charge in [0, 0.05) is 5.69 Å². The Morgan fingerprint density at radius 1 is 0.708 bits per heavy atom. The number of halogens is 5. The van der Waals surface area contributed by atoms with Crippen LogP contribution < -0.4 is 5.32 Å². The van der Waals surface area contributed by atoms with Crippen molar-refractivity contribution in [1.82, 2.24) is 19.9 Å². The lowest BCUT2D eigenvalue weighted by Gasteiger charge is -2.06. The van der Waals surface area contributed by atoms with Crippen LogP contribution in [0.2, 0.25) is 25.8 Å². The summed E-state index contributed by atoms with van der Waals surface area (Å²) in [7, 11) is 0. The number of benzene rings is 1. The molecule has 0 bridgehead atoms. The average Bonchev–Trinajstić information content (AvgIpc) is 2.56. The summed E-state index contributed by atoms with van der Waals surface area (Å²) in [5.41, 5.74) is 0.897. The highest BCUT2D eigenvalue weighted by molar-refractivity contribution is 6.41. The van der Waals surface area contributed by atoms with Crippen molar-refractivity contribution in [2.24, 2.45) is 0 Å². The minimum atomic E-state index is 0.101. The maximum Gasteiger partial charge on any atom is 0.224 e. The molecule has 0 saturated heterocycles. The van der Waals surface area contributed by atoms with Gasteiger partial charge in [-0.3, -0.25) is 0 Å². The molecule has 3 aromatic rings. The van der Waals surface area contributed by atoms with E-state index < -0.39 is 0 Å². The number of nitrogens with zero attached hydrogens (tertiary/aromatic N) is 4. The highest BCUT2D eigenvalue weighted by Crippen LogP contribution is 2.23. The molecule has 1 N–H and O–H groups in total. The summed E-state index contributed by atoms with van der Waals surface area (Å²) in [6, 6.07) is 9.58. The maximum absolute atomic E-state index is 5.90. The number of anilines is 2. The van der Waals surface area contributed by atoms with Gasteiger partial charge in [0.25, 0.3) is 0 Å². The molecule has 1 aromatic carbocycles. The van der Waals surface area contributed by atoms with Gasteiger partial charge in [-0.05, 0) is 35.3 Å². The summed E-state index contributed by atoms with van der Waals surface area (Å²) < 4.78 is 0. The van der Waals surface area contributed by atoms with Crippen LogP contribution in [-0.2, 0) is 0 Å². The SMILES string of the molecule is Clc1ncc(Cl)c(Cl)n1.Clc1ncc(Cl)c(Nc2ccccc2)n1. The fraction of sp³-hybridized carbons (Fsp3) is 0. The van der Waals surface area contributed by atoms with Crippen LogP contribution in [0.1, 0.15) is 0 Å². The van der Waals surface area contributed by atoms with Crippen molar-refractivity contribution in [3.63, 3.8) is 0 Å². The van der Waals surface area contributed by atoms with Gasteiger partial charge in [0.05, 0.1) is 17.4 Å². The molecule has 124 valence electrons.